The summed E-state index contributed by atoms with van der Waals surface area (Å²) in [7, 11) is 1.99. The van der Waals surface area contributed by atoms with E-state index in [4.69, 9.17) is 4.98 Å². The lowest BCUT2D eigenvalue weighted by atomic mass is 9.50. The van der Waals surface area contributed by atoms with E-state index < -0.39 is 0 Å². The molecule has 1 amide bonds. The van der Waals surface area contributed by atoms with Crippen LogP contribution in [-0.4, -0.2) is 35.5 Å². The van der Waals surface area contributed by atoms with Gasteiger partial charge < -0.3 is 10.2 Å². The zero-order valence-electron chi connectivity index (χ0n) is 17.8. The Bertz CT molecular complexity index is 1090. The minimum absolute atomic E-state index is 0.0143. The van der Waals surface area contributed by atoms with Gasteiger partial charge in [0.15, 0.2) is 0 Å². The predicted octanol–water partition coefficient (Wildman–Crippen LogP) is 4.91. The Balaban J connectivity index is 1.16. The third kappa shape index (κ3) is 3.47. The van der Waals surface area contributed by atoms with Crippen LogP contribution in [0.25, 0.3) is 10.2 Å². The summed E-state index contributed by atoms with van der Waals surface area (Å²) in [6.07, 6.45) is 6.31. The van der Waals surface area contributed by atoms with E-state index in [1.54, 1.807) is 12.3 Å². The van der Waals surface area contributed by atoms with Crippen molar-refractivity contribution in [2.75, 3.05) is 18.5 Å². The van der Waals surface area contributed by atoms with Crippen LogP contribution in [0.5, 0.6) is 0 Å². The van der Waals surface area contributed by atoms with Crippen molar-refractivity contribution in [3.63, 3.8) is 0 Å². The third-order valence-electron chi connectivity index (χ3n) is 6.83. The number of hydrogen-bond acceptors (Lipinski definition) is 5. The van der Waals surface area contributed by atoms with Crippen LogP contribution in [-0.2, 0) is 0 Å². The fraction of sp³-hybridized carbons (Fsp3) is 0.458. The number of benzene rings is 1. The highest BCUT2D eigenvalue weighted by molar-refractivity contribution is 7.18. The molecule has 2 fully saturated rings. The molecule has 0 aliphatic heterocycles. The van der Waals surface area contributed by atoms with Crippen molar-refractivity contribution >= 4 is 33.3 Å². The van der Waals surface area contributed by atoms with Crippen LogP contribution in [0, 0.1) is 12.3 Å². The van der Waals surface area contributed by atoms with Gasteiger partial charge in [-0.05, 0) is 74.8 Å². The number of hydrogen-bond donors (Lipinski definition) is 1. The maximum absolute atomic E-state index is 12.7. The van der Waals surface area contributed by atoms with Crippen molar-refractivity contribution < 1.29 is 4.79 Å². The maximum Gasteiger partial charge on any atom is 0.251 e. The van der Waals surface area contributed by atoms with E-state index in [9.17, 15) is 4.79 Å². The van der Waals surface area contributed by atoms with E-state index in [1.165, 1.54) is 28.1 Å². The van der Waals surface area contributed by atoms with E-state index in [2.05, 4.69) is 42.3 Å². The second-order valence-electron chi connectivity index (χ2n) is 9.12. The average Bonchev–Trinajstić information content (AvgIpc) is 3.10. The highest BCUT2D eigenvalue weighted by Gasteiger charge is 2.54. The molecule has 5 rings (SSSR count). The number of pyridine rings is 1. The summed E-state index contributed by atoms with van der Waals surface area (Å²) >= 11 is 1.85. The van der Waals surface area contributed by atoms with Gasteiger partial charge >= 0.3 is 0 Å². The minimum Gasteiger partial charge on any atom is -0.360 e. The Morgan fingerprint density at radius 2 is 2.03 bits per heavy atom. The molecule has 0 bridgehead atoms. The van der Waals surface area contributed by atoms with Gasteiger partial charge in [-0.2, -0.15) is 0 Å². The smallest absolute Gasteiger partial charge is 0.251 e. The number of nitrogens with one attached hydrogen (secondary N) is 1. The number of carbonyl (C=O) groups excluding carboxylic acids is 1. The molecule has 0 radical (unpaired) electrons. The fourth-order valence-electron chi connectivity index (χ4n) is 5.01. The Hall–Kier alpha value is -2.47. The number of fused-ring (bicyclic) bond motifs is 1. The molecule has 2 aromatic heterocycles. The van der Waals surface area contributed by atoms with Crippen LogP contribution in [0.3, 0.4) is 0 Å². The molecular weight excluding hydrogens is 392 g/mol. The molecule has 2 heterocycles. The number of aryl methyl sites for hydroxylation is 1. The lowest BCUT2D eigenvalue weighted by Crippen LogP contribution is -2.55. The molecule has 3 aromatic rings. The minimum atomic E-state index is 0.0143. The van der Waals surface area contributed by atoms with Gasteiger partial charge in [0.1, 0.15) is 5.82 Å². The predicted molar refractivity (Wildman–Crippen MR) is 122 cm³/mol. The van der Waals surface area contributed by atoms with Crippen LogP contribution in [0.1, 0.15) is 59.5 Å². The highest BCUT2D eigenvalue weighted by Crippen LogP contribution is 2.62. The van der Waals surface area contributed by atoms with E-state index in [1.807, 2.05) is 29.4 Å². The summed E-state index contributed by atoms with van der Waals surface area (Å²) in [5.74, 6) is 1.44. The van der Waals surface area contributed by atoms with Gasteiger partial charge in [-0.25, -0.2) is 9.97 Å². The molecular formula is C24H28N4OS. The number of nitrogens with zero attached hydrogens (tertiary/aromatic N) is 3. The van der Waals surface area contributed by atoms with Gasteiger partial charge in [0.05, 0.1) is 15.2 Å². The summed E-state index contributed by atoms with van der Waals surface area (Å²) in [4.78, 5) is 24.0. The molecule has 2 aliphatic carbocycles. The van der Waals surface area contributed by atoms with Crippen molar-refractivity contribution in [3.8, 4) is 0 Å². The fourth-order valence-corrected chi connectivity index (χ4v) is 6.06. The second kappa shape index (κ2) is 7.34. The van der Waals surface area contributed by atoms with Gasteiger partial charge in [-0.3, -0.25) is 4.79 Å². The Kier molecular flexibility index (Phi) is 4.77. The Labute approximate surface area is 181 Å². The Morgan fingerprint density at radius 1 is 1.23 bits per heavy atom. The SMILES string of the molecule is CCN(C)c1cc(C(=O)NC2CC3(C2)CC(c2nc4cc(C)ccc4s2)C3)ccn1. The van der Waals surface area contributed by atoms with Gasteiger partial charge in [0, 0.05) is 37.3 Å². The molecule has 0 unspecified atom stereocenters. The topological polar surface area (TPSA) is 58.1 Å². The summed E-state index contributed by atoms with van der Waals surface area (Å²) in [6.45, 7) is 5.05. The van der Waals surface area contributed by atoms with Crippen molar-refractivity contribution in [1.29, 1.82) is 0 Å². The molecule has 2 saturated carbocycles. The monoisotopic (exact) mass is 420 g/mol. The number of anilines is 1. The summed E-state index contributed by atoms with van der Waals surface area (Å²) in [5, 5.41) is 4.51. The standard InChI is InChI=1S/C24H28N4OS/c1-4-28(3)21-10-16(7-8-25-21)22(29)26-18-13-24(14-18)11-17(12-24)23-27-19-9-15(2)5-6-20(19)30-23/h5-10,17-18H,4,11-14H2,1-3H3,(H,26,29). The molecule has 1 spiro atoms. The first-order chi connectivity index (χ1) is 14.4. The van der Waals surface area contributed by atoms with Crippen molar-refractivity contribution in [1.82, 2.24) is 15.3 Å². The summed E-state index contributed by atoms with van der Waals surface area (Å²) in [6, 6.07) is 10.5. The third-order valence-corrected chi connectivity index (χ3v) is 8.03. The number of amides is 1. The Morgan fingerprint density at radius 3 is 2.80 bits per heavy atom. The van der Waals surface area contributed by atoms with Crippen molar-refractivity contribution in [2.24, 2.45) is 5.41 Å². The van der Waals surface area contributed by atoms with Crippen LogP contribution >= 0.6 is 11.3 Å². The van der Waals surface area contributed by atoms with E-state index in [0.717, 1.165) is 30.7 Å². The molecule has 5 nitrogen and oxygen atoms in total. The molecule has 156 valence electrons. The molecule has 30 heavy (non-hydrogen) atoms. The molecule has 1 aromatic carbocycles. The number of thiazole rings is 1. The second-order valence-corrected chi connectivity index (χ2v) is 10.2. The normalized spacial score (nSPS) is 25.0. The van der Waals surface area contributed by atoms with E-state index >= 15 is 0 Å². The number of rotatable bonds is 5. The van der Waals surface area contributed by atoms with Gasteiger partial charge in [0.2, 0.25) is 0 Å². The maximum atomic E-state index is 12.7. The lowest BCUT2D eigenvalue weighted by Gasteiger charge is -2.57. The van der Waals surface area contributed by atoms with Crippen molar-refractivity contribution in [2.45, 2.75) is 51.5 Å². The van der Waals surface area contributed by atoms with Gasteiger partial charge in [-0.15, -0.1) is 11.3 Å². The van der Waals surface area contributed by atoms with E-state index in [-0.39, 0.29) is 11.9 Å². The molecule has 0 saturated heterocycles. The zero-order chi connectivity index (χ0) is 20.9. The van der Waals surface area contributed by atoms with Crippen LogP contribution in [0.2, 0.25) is 0 Å². The zero-order valence-corrected chi connectivity index (χ0v) is 18.6. The van der Waals surface area contributed by atoms with Crippen LogP contribution < -0.4 is 10.2 Å². The molecule has 0 atom stereocenters. The largest absolute Gasteiger partial charge is 0.360 e. The average molecular weight is 421 g/mol. The molecule has 2 aliphatic rings. The summed E-state index contributed by atoms with van der Waals surface area (Å²) in [5.41, 5.74) is 3.52. The van der Waals surface area contributed by atoms with Crippen molar-refractivity contribution in [3.05, 3.63) is 52.7 Å². The molecule has 1 N–H and O–H groups in total. The first-order valence-electron chi connectivity index (χ1n) is 10.8. The highest BCUT2D eigenvalue weighted by atomic mass is 32.1. The van der Waals surface area contributed by atoms with Gasteiger partial charge in [-0.1, -0.05) is 6.07 Å². The quantitative estimate of drug-likeness (QED) is 0.637. The number of aromatic nitrogens is 2. The molecule has 6 heteroatoms. The van der Waals surface area contributed by atoms with Gasteiger partial charge in [0.25, 0.3) is 5.91 Å². The van der Waals surface area contributed by atoms with Crippen LogP contribution in [0.4, 0.5) is 5.82 Å². The summed E-state index contributed by atoms with van der Waals surface area (Å²) < 4.78 is 1.29. The van der Waals surface area contributed by atoms with E-state index in [0.29, 0.717) is 16.9 Å². The lowest BCUT2D eigenvalue weighted by molar-refractivity contribution is -0.0187. The first-order valence-corrected chi connectivity index (χ1v) is 11.6. The first kappa shape index (κ1) is 19.5. The van der Waals surface area contributed by atoms with Crippen LogP contribution in [0.15, 0.2) is 36.5 Å². The number of carbonyl (C=O) groups is 1.